The maximum absolute atomic E-state index is 13.2. The molecular formula is C23H25FN4O2. The number of halogens is 1. The molecule has 4 rings (SSSR count). The molecule has 0 saturated carbocycles. The highest BCUT2D eigenvalue weighted by Gasteiger charge is 2.24. The third-order valence-corrected chi connectivity index (χ3v) is 5.37. The third kappa shape index (κ3) is 4.91. The average Bonchev–Trinajstić information content (AvgIpc) is 3.20. The lowest BCUT2D eigenvalue weighted by Crippen LogP contribution is -2.37. The average molecular weight is 408 g/mol. The second kappa shape index (κ2) is 9.17. The highest BCUT2D eigenvalue weighted by atomic mass is 19.1. The maximum atomic E-state index is 13.2. The van der Waals surface area contributed by atoms with Gasteiger partial charge in [0.15, 0.2) is 0 Å². The van der Waals surface area contributed by atoms with Crippen LogP contribution >= 0.6 is 0 Å². The molecule has 30 heavy (non-hydrogen) atoms. The van der Waals surface area contributed by atoms with E-state index in [1.807, 2.05) is 24.1 Å². The summed E-state index contributed by atoms with van der Waals surface area (Å²) in [4.78, 5) is 23.7. The molecule has 1 amide bonds. The number of hydrogen-bond donors (Lipinski definition) is 0. The highest BCUT2D eigenvalue weighted by Crippen LogP contribution is 2.22. The highest BCUT2D eigenvalue weighted by molar-refractivity contribution is 5.92. The molecule has 1 aliphatic heterocycles. The summed E-state index contributed by atoms with van der Waals surface area (Å²) in [5.41, 5.74) is 3.01. The lowest BCUT2D eigenvalue weighted by molar-refractivity contribution is 0.0443. The van der Waals surface area contributed by atoms with Crippen molar-refractivity contribution in [3.8, 4) is 11.3 Å². The first-order valence-electron chi connectivity index (χ1n) is 10.1. The molecule has 0 atom stereocenters. The molecular weight excluding hydrogens is 383 g/mol. The van der Waals surface area contributed by atoms with E-state index in [9.17, 15) is 9.18 Å². The lowest BCUT2D eigenvalue weighted by Gasteiger charge is -2.29. The molecule has 0 aliphatic carbocycles. The molecule has 0 spiro atoms. The number of carbonyl (C=O) groups excluding carboxylic acids is 1. The van der Waals surface area contributed by atoms with Gasteiger partial charge in [0.25, 0.3) is 5.91 Å². The van der Waals surface area contributed by atoms with Crippen LogP contribution in [0.5, 0.6) is 0 Å². The molecule has 3 aromatic rings. The SMILES string of the molecule is Cn1cnc(C(=O)N(Cc2ccnc(-c3ccc(F)cc3)c2)CC2CCOCC2)c1. The van der Waals surface area contributed by atoms with Crippen LogP contribution in [-0.2, 0) is 18.3 Å². The van der Waals surface area contributed by atoms with Crippen molar-refractivity contribution in [3.63, 3.8) is 0 Å². The Morgan fingerprint density at radius 2 is 1.97 bits per heavy atom. The number of amides is 1. The summed E-state index contributed by atoms with van der Waals surface area (Å²) < 4.78 is 20.5. The van der Waals surface area contributed by atoms with Crippen LogP contribution in [0.1, 0.15) is 28.9 Å². The number of rotatable bonds is 6. The van der Waals surface area contributed by atoms with Crippen molar-refractivity contribution < 1.29 is 13.9 Å². The van der Waals surface area contributed by atoms with Crippen LogP contribution in [-0.4, -0.2) is 45.1 Å². The minimum Gasteiger partial charge on any atom is -0.381 e. The molecule has 1 saturated heterocycles. The summed E-state index contributed by atoms with van der Waals surface area (Å²) in [7, 11) is 1.85. The number of ether oxygens (including phenoxy) is 1. The van der Waals surface area contributed by atoms with Crippen molar-refractivity contribution in [2.24, 2.45) is 13.0 Å². The molecule has 1 aromatic carbocycles. The number of benzene rings is 1. The molecule has 3 heterocycles. The van der Waals surface area contributed by atoms with Crippen molar-refractivity contribution >= 4 is 5.91 Å². The van der Waals surface area contributed by atoms with Crippen molar-refractivity contribution in [3.05, 3.63) is 72.2 Å². The zero-order valence-corrected chi connectivity index (χ0v) is 17.0. The number of pyridine rings is 1. The van der Waals surface area contributed by atoms with Crippen molar-refractivity contribution in [2.75, 3.05) is 19.8 Å². The van der Waals surface area contributed by atoms with Gasteiger partial charge in [0.1, 0.15) is 11.5 Å². The van der Waals surface area contributed by atoms with Crippen LogP contribution in [0.3, 0.4) is 0 Å². The fourth-order valence-electron chi connectivity index (χ4n) is 3.72. The predicted octanol–water partition coefficient (Wildman–Crippen LogP) is 3.69. The van der Waals surface area contributed by atoms with E-state index in [4.69, 9.17) is 4.74 Å². The quantitative estimate of drug-likeness (QED) is 0.624. The van der Waals surface area contributed by atoms with E-state index in [2.05, 4.69) is 9.97 Å². The summed E-state index contributed by atoms with van der Waals surface area (Å²) in [6, 6.07) is 10.1. The van der Waals surface area contributed by atoms with Crippen LogP contribution in [0.15, 0.2) is 55.1 Å². The molecule has 1 aliphatic rings. The second-order valence-corrected chi connectivity index (χ2v) is 7.72. The van der Waals surface area contributed by atoms with Gasteiger partial charge >= 0.3 is 0 Å². The van der Waals surface area contributed by atoms with Crippen LogP contribution in [0.2, 0.25) is 0 Å². The standard InChI is InChI=1S/C23H25FN4O2/c1-27-15-22(26-16-27)23(29)28(13-17-7-10-30-11-8-17)14-18-6-9-25-21(12-18)19-2-4-20(24)5-3-19/h2-6,9,12,15-17H,7-8,10-11,13-14H2,1H3. The molecule has 6 nitrogen and oxygen atoms in total. The molecule has 2 aromatic heterocycles. The minimum absolute atomic E-state index is 0.0813. The zero-order valence-electron chi connectivity index (χ0n) is 17.0. The van der Waals surface area contributed by atoms with Crippen LogP contribution in [0.4, 0.5) is 4.39 Å². The van der Waals surface area contributed by atoms with Gasteiger partial charge in [-0.1, -0.05) is 0 Å². The van der Waals surface area contributed by atoms with Gasteiger partial charge < -0.3 is 14.2 Å². The summed E-state index contributed by atoms with van der Waals surface area (Å²) in [6.45, 7) is 2.59. The summed E-state index contributed by atoms with van der Waals surface area (Å²) in [6.07, 6.45) is 7.01. The first-order chi connectivity index (χ1) is 14.6. The number of aryl methyl sites for hydroxylation is 1. The van der Waals surface area contributed by atoms with Crippen molar-refractivity contribution in [1.29, 1.82) is 0 Å². The van der Waals surface area contributed by atoms with E-state index in [0.717, 1.165) is 42.9 Å². The normalized spacial score (nSPS) is 14.6. The molecule has 0 radical (unpaired) electrons. The van der Waals surface area contributed by atoms with Crippen LogP contribution in [0, 0.1) is 11.7 Å². The third-order valence-electron chi connectivity index (χ3n) is 5.37. The minimum atomic E-state index is -0.279. The van der Waals surface area contributed by atoms with Crippen LogP contribution in [0.25, 0.3) is 11.3 Å². The molecule has 7 heteroatoms. The van der Waals surface area contributed by atoms with Crippen LogP contribution < -0.4 is 0 Å². The van der Waals surface area contributed by atoms with Gasteiger partial charge in [-0.25, -0.2) is 9.37 Å². The van der Waals surface area contributed by atoms with E-state index in [1.165, 1.54) is 12.1 Å². The Kier molecular flexibility index (Phi) is 6.18. The van der Waals surface area contributed by atoms with E-state index >= 15 is 0 Å². The molecule has 0 bridgehead atoms. The molecule has 0 N–H and O–H groups in total. The number of imidazole rings is 1. The number of carbonyl (C=O) groups is 1. The van der Waals surface area contributed by atoms with E-state index in [1.54, 1.807) is 35.4 Å². The van der Waals surface area contributed by atoms with Gasteiger partial charge in [-0.05, 0) is 60.7 Å². The molecule has 0 unspecified atom stereocenters. The number of hydrogen-bond acceptors (Lipinski definition) is 4. The first-order valence-corrected chi connectivity index (χ1v) is 10.1. The Labute approximate surface area is 175 Å². The summed E-state index contributed by atoms with van der Waals surface area (Å²) in [5, 5.41) is 0. The Bertz CT molecular complexity index is 996. The molecule has 156 valence electrons. The maximum Gasteiger partial charge on any atom is 0.274 e. The van der Waals surface area contributed by atoms with E-state index < -0.39 is 0 Å². The van der Waals surface area contributed by atoms with E-state index in [-0.39, 0.29) is 11.7 Å². The number of aromatic nitrogens is 3. The fourth-order valence-corrected chi connectivity index (χ4v) is 3.72. The van der Waals surface area contributed by atoms with Gasteiger partial charge in [-0.3, -0.25) is 9.78 Å². The lowest BCUT2D eigenvalue weighted by atomic mass is 9.99. The monoisotopic (exact) mass is 408 g/mol. The van der Waals surface area contributed by atoms with Gasteiger partial charge in [-0.2, -0.15) is 0 Å². The second-order valence-electron chi connectivity index (χ2n) is 7.72. The number of nitrogens with zero attached hydrogens (tertiary/aromatic N) is 4. The first kappa shape index (κ1) is 20.2. The van der Waals surface area contributed by atoms with Crippen molar-refractivity contribution in [2.45, 2.75) is 19.4 Å². The smallest absolute Gasteiger partial charge is 0.274 e. The van der Waals surface area contributed by atoms with E-state index in [0.29, 0.717) is 24.7 Å². The summed E-state index contributed by atoms with van der Waals surface area (Å²) >= 11 is 0. The van der Waals surface area contributed by atoms with Gasteiger partial charge in [-0.15, -0.1) is 0 Å². The largest absolute Gasteiger partial charge is 0.381 e. The van der Waals surface area contributed by atoms with Gasteiger partial charge in [0.2, 0.25) is 0 Å². The van der Waals surface area contributed by atoms with Gasteiger partial charge in [0.05, 0.1) is 12.0 Å². The Morgan fingerprint density at radius 1 is 1.20 bits per heavy atom. The topological polar surface area (TPSA) is 60.2 Å². The zero-order chi connectivity index (χ0) is 20.9. The Morgan fingerprint density at radius 3 is 2.67 bits per heavy atom. The Balaban J connectivity index is 1.56. The van der Waals surface area contributed by atoms with Crippen molar-refractivity contribution in [1.82, 2.24) is 19.4 Å². The molecule has 1 fully saturated rings. The fraction of sp³-hybridized carbons (Fsp3) is 0.348. The summed E-state index contributed by atoms with van der Waals surface area (Å²) in [5.74, 6) is 0.0468. The Hall–Kier alpha value is -3.06. The van der Waals surface area contributed by atoms with Gasteiger partial charge in [0, 0.05) is 51.3 Å². The predicted molar refractivity (Wildman–Crippen MR) is 111 cm³/mol.